The van der Waals surface area contributed by atoms with Crippen molar-refractivity contribution in [2.45, 2.75) is 52.6 Å². The van der Waals surface area contributed by atoms with Crippen molar-refractivity contribution in [1.82, 2.24) is 0 Å². The molecule has 5 atom stereocenters. The maximum atomic E-state index is 12.9. The first-order chi connectivity index (χ1) is 9.10. The standard InChI is InChI=1S/C16H20O4/c1-13(2)5-8-9(6-13)16-14(3,11(8)18)7-10(17)15(16,4)12(19)20-16/h8-9H,5-7H2,1-4H3/t8-,9?,14+,15?,16?/m0/s1. The van der Waals surface area contributed by atoms with Crippen LogP contribution in [0.2, 0.25) is 0 Å². The van der Waals surface area contributed by atoms with Crippen LogP contribution in [-0.2, 0) is 19.1 Å². The Bertz CT molecular complexity index is 591. The fourth-order valence-corrected chi connectivity index (χ4v) is 5.87. The van der Waals surface area contributed by atoms with E-state index in [1.807, 2.05) is 6.92 Å². The maximum Gasteiger partial charge on any atom is 0.324 e. The summed E-state index contributed by atoms with van der Waals surface area (Å²) in [5.41, 5.74) is -2.66. The van der Waals surface area contributed by atoms with Gasteiger partial charge in [-0.15, -0.1) is 0 Å². The van der Waals surface area contributed by atoms with Gasteiger partial charge < -0.3 is 4.74 Å². The molecule has 20 heavy (non-hydrogen) atoms. The monoisotopic (exact) mass is 276 g/mol. The molecule has 1 saturated heterocycles. The van der Waals surface area contributed by atoms with Crippen LogP contribution in [0.3, 0.4) is 0 Å². The van der Waals surface area contributed by atoms with Gasteiger partial charge in [0.05, 0.1) is 5.41 Å². The summed E-state index contributed by atoms with van der Waals surface area (Å²) in [5.74, 6) is -0.408. The summed E-state index contributed by atoms with van der Waals surface area (Å²) in [5, 5.41) is 0. The van der Waals surface area contributed by atoms with Crippen molar-refractivity contribution < 1.29 is 19.1 Å². The highest BCUT2D eigenvalue weighted by Gasteiger charge is 2.90. The van der Waals surface area contributed by atoms with E-state index in [0.29, 0.717) is 0 Å². The Morgan fingerprint density at radius 1 is 1.05 bits per heavy atom. The molecule has 0 bridgehead atoms. The lowest BCUT2D eigenvalue weighted by Gasteiger charge is -2.55. The van der Waals surface area contributed by atoms with E-state index in [-0.39, 0.29) is 35.2 Å². The van der Waals surface area contributed by atoms with Gasteiger partial charge in [0.1, 0.15) is 5.78 Å². The molecule has 4 rings (SSSR count). The average Bonchev–Trinajstić information content (AvgIpc) is 2.79. The zero-order valence-corrected chi connectivity index (χ0v) is 12.4. The number of Topliss-reactive ketones (excluding diaryl/α,β-unsaturated/α-hetero) is 2. The second-order valence-corrected chi connectivity index (χ2v) is 8.33. The summed E-state index contributed by atoms with van der Waals surface area (Å²) in [7, 11) is 0. The highest BCUT2D eigenvalue weighted by Crippen LogP contribution is 2.76. The van der Waals surface area contributed by atoms with Gasteiger partial charge in [0, 0.05) is 18.3 Å². The zero-order valence-electron chi connectivity index (χ0n) is 12.4. The fourth-order valence-electron chi connectivity index (χ4n) is 5.87. The summed E-state index contributed by atoms with van der Waals surface area (Å²) >= 11 is 0. The third-order valence-corrected chi connectivity index (χ3v) is 6.73. The first-order valence-electron chi connectivity index (χ1n) is 7.41. The predicted molar refractivity (Wildman–Crippen MR) is 69.7 cm³/mol. The summed E-state index contributed by atoms with van der Waals surface area (Å²) < 4.78 is 5.65. The van der Waals surface area contributed by atoms with Crippen molar-refractivity contribution in [2.75, 3.05) is 0 Å². The van der Waals surface area contributed by atoms with Gasteiger partial charge in [-0.25, -0.2) is 0 Å². The second kappa shape index (κ2) is 2.88. The van der Waals surface area contributed by atoms with E-state index >= 15 is 0 Å². The molecule has 0 aromatic carbocycles. The number of hydrogen-bond acceptors (Lipinski definition) is 4. The molecule has 0 N–H and O–H groups in total. The van der Waals surface area contributed by atoms with Gasteiger partial charge in [-0.2, -0.15) is 0 Å². The molecule has 1 spiro atoms. The van der Waals surface area contributed by atoms with Crippen molar-refractivity contribution in [3.63, 3.8) is 0 Å². The Labute approximate surface area is 118 Å². The fraction of sp³-hybridized carbons (Fsp3) is 0.812. The second-order valence-electron chi connectivity index (χ2n) is 8.33. The molecular weight excluding hydrogens is 256 g/mol. The number of hydrogen-bond donors (Lipinski definition) is 0. The molecular formula is C16H20O4. The van der Waals surface area contributed by atoms with E-state index in [1.54, 1.807) is 6.92 Å². The van der Waals surface area contributed by atoms with Crippen LogP contribution in [0.1, 0.15) is 47.0 Å². The van der Waals surface area contributed by atoms with E-state index in [0.717, 1.165) is 12.8 Å². The van der Waals surface area contributed by atoms with E-state index in [2.05, 4.69) is 13.8 Å². The van der Waals surface area contributed by atoms with Crippen LogP contribution in [0, 0.1) is 28.1 Å². The molecule has 4 fully saturated rings. The van der Waals surface area contributed by atoms with Crippen molar-refractivity contribution in [3.8, 4) is 0 Å². The van der Waals surface area contributed by atoms with Gasteiger partial charge in [0.2, 0.25) is 0 Å². The minimum atomic E-state index is -1.09. The summed E-state index contributed by atoms with van der Waals surface area (Å²) in [6, 6.07) is 0. The van der Waals surface area contributed by atoms with Crippen molar-refractivity contribution in [1.29, 1.82) is 0 Å². The SMILES string of the molecule is CC1(C)CC2[C@H](C1)C(=O)[C@@]1(C)CC(=O)C3(C)C(=O)OC231. The molecule has 1 heterocycles. The minimum Gasteiger partial charge on any atom is -0.455 e. The van der Waals surface area contributed by atoms with E-state index in [9.17, 15) is 14.4 Å². The minimum absolute atomic E-state index is 0.0177. The molecule has 0 aromatic heterocycles. The Morgan fingerprint density at radius 3 is 2.30 bits per heavy atom. The predicted octanol–water partition coefficient (Wildman–Crippen LogP) is 1.90. The Morgan fingerprint density at radius 2 is 1.70 bits per heavy atom. The summed E-state index contributed by atoms with van der Waals surface area (Å²) in [4.78, 5) is 37.4. The van der Waals surface area contributed by atoms with Crippen molar-refractivity contribution in [3.05, 3.63) is 0 Å². The molecule has 1 aliphatic heterocycles. The van der Waals surface area contributed by atoms with Gasteiger partial charge in [0.15, 0.2) is 16.8 Å². The van der Waals surface area contributed by atoms with Gasteiger partial charge >= 0.3 is 5.97 Å². The zero-order chi connectivity index (χ0) is 14.7. The lowest BCUT2D eigenvalue weighted by atomic mass is 9.59. The summed E-state index contributed by atoms with van der Waals surface area (Å²) in [6.45, 7) is 7.85. The van der Waals surface area contributed by atoms with Crippen LogP contribution in [0.15, 0.2) is 0 Å². The number of carbonyl (C=O) groups is 3. The molecule has 4 nitrogen and oxygen atoms in total. The van der Waals surface area contributed by atoms with E-state index in [4.69, 9.17) is 4.74 Å². The summed E-state index contributed by atoms with van der Waals surface area (Å²) in [6.07, 6.45) is 1.87. The number of ether oxygens (including phenoxy) is 1. The number of esters is 1. The molecule has 3 unspecified atom stereocenters. The highest BCUT2D eigenvalue weighted by atomic mass is 16.6. The van der Waals surface area contributed by atoms with Gasteiger partial charge in [-0.1, -0.05) is 13.8 Å². The van der Waals surface area contributed by atoms with E-state index < -0.39 is 22.4 Å². The van der Waals surface area contributed by atoms with Crippen LogP contribution >= 0.6 is 0 Å². The Balaban J connectivity index is 1.93. The smallest absolute Gasteiger partial charge is 0.324 e. The molecule has 0 amide bonds. The number of fused-ring (bicyclic) bond motifs is 1. The molecule has 4 heteroatoms. The quantitative estimate of drug-likeness (QED) is 0.501. The molecule has 4 aliphatic rings. The Hall–Kier alpha value is -1.19. The Kier molecular flexibility index (Phi) is 1.81. The van der Waals surface area contributed by atoms with Crippen molar-refractivity contribution >= 4 is 17.5 Å². The number of carbonyl (C=O) groups excluding carboxylic acids is 3. The largest absolute Gasteiger partial charge is 0.455 e. The molecule has 3 saturated carbocycles. The van der Waals surface area contributed by atoms with Gasteiger partial charge in [-0.05, 0) is 32.1 Å². The maximum absolute atomic E-state index is 12.9. The lowest BCUT2D eigenvalue weighted by Crippen LogP contribution is -2.71. The first kappa shape index (κ1) is 12.5. The third kappa shape index (κ3) is 0.887. The molecule has 108 valence electrons. The number of ketones is 2. The van der Waals surface area contributed by atoms with Crippen LogP contribution in [0.5, 0.6) is 0 Å². The van der Waals surface area contributed by atoms with Gasteiger partial charge in [0.25, 0.3) is 0 Å². The third-order valence-electron chi connectivity index (χ3n) is 6.73. The number of rotatable bonds is 0. The van der Waals surface area contributed by atoms with Crippen LogP contribution in [0.4, 0.5) is 0 Å². The molecule has 0 aromatic rings. The van der Waals surface area contributed by atoms with Crippen LogP contribution in [0.25, 0.3) is 0 Å². The molecule has 3 aliphatic carbocycles. The van der Waals surface area contributed by atoms with E-state index in [1.165, 1.54) is 0 Å². The van der Waals surface area contributed by atoms with Gasteiger partial charge in [-0.3, -0.25) is 14.4 Å². The topological polar surface area (TPSA) is 60.4 Å². The normalized spacial score (nSPS) is 55.1. The highest BCUT2D eigenvalue weighted by molar-refractivity contribution is 6.17. The van der Waals surface area contributed by atoms with Crippen molar-refractivity contribution in [2.24, 2.45) is 28.1 Å². The lowest BCUT2D eigenvalue weighted by molar-refractivity contribution is -0.256. The first-order valence-corrected chi connectivity index (χ1v) is 7.41. The van der Waals surface area contributed by atoms with Crippen LogP contribution < -0.4 is 0 Å². The van der Waals surface area contributed by atoms with Crippen LogP contribution in [-0.4, -0.2) is 23.1 Å². The average molecular weight is 276 g/mol. The molecule has 0 radical (unpaired) electrons.